The molecule has 2 heteroatoms. The second-order valence-electron chi connectivity index (χ2n) is 6.56. The van der Waals surface area contributed by atoms with Crippen LogP contribution in [0.15, 0.2) is 0 Å². The largest absolute Gasteiger partial charge is 0.466 e. The zero-order chi connectivity index (χ0) is 16.5. The predicted molar refractivity (Wildman–Crippen MR) is 96.1 cm³/mol. The first-order chi connectivity index (χ1) is 10.8. The summed E-state index contributed by atoms with van der Waals surface area (Å²) in [5, 5.41) is 0. The van der Waals surface area contributed by atoms with Crippen LogP contribution in [0.25, 0.3) is 0 Å². The Hall–Kier alpha value is -0.530. The molecule has 0 rings (SSSR count). The van der Waals surface area contributed by atoms with Crippen molar-refractivity contribution < 1.29 is 9.53 Å². The number of unbranched alkanes of at least 4 members (excludes halogenated alkanes) is 10. The summed E-state index contributed by atoms with van der Waals surface area (Å²) in [6.07, 6.45) is 17.6. The van der Waals surface area contributed by atoms with Crippen LogP contribution in [0.5, 0.6) is 0 Å². The zero-order valence-corrected chi connectivity index (χ0v) is 15.5. The van der Waals surface area contributed by atoms with E-state index < -0.39 is 0 Å². The Labute approximate surface area is 139 Å². The van der Waals surface area contributed by atoms with Crippen molar-refractivity contribution in [2.24, 2.45) is 5.92 Å². The molecule has 0 spiro atoms. The van der Waals surface area contributed by atoms with Crippen molar-refractivity contribution in [1.29, 1.82) is 0 Å². The van der Waals surface area contributed by atoms with E-state index in [9.17, 15) is 4.79 Å². The van der Waals surface area contributed by atoms with Crippen LogP contribution in [0.4, 0.5) is 0 Å². The Kier molecular flexibility index (Phi) is 16.4. The summed E-state index contributed by atoms with van der Waals surface area (Å²) in [5.74, 6) is 0.196. The fraction of sp³-hybridized carbons (Fsp3) is 0.950. The van der Waals surface area contributed by atoms with Crippen LogP contribution >= 0.6 is 0 Å². The molecular weight excluding hydrogens is 272 g/mol. The summed E-state index contributed by atoms with van der Waals surface area (Å²) in [6.45, 7) is 6.92. The molecule has 0 saturated heterocycles. The van der Waals surface area contributed by atoms with E-state index in [0.29, 0.717) is 6.61 Å². The number of hydrogen-bond acceptors (Lipinski definition) is 2. The maximum absolute atomic E-state index is 12.1. The normalized spacial score (nSPS) is 11.1. The number of ether oxygens (including phenoxy) is 1. The Bertz CT molecular complexity index is 222. The average molecular weight is 313 g/mol. The van der Waals surface area contributed by atoms with Crippen molar-refractivity contribution in [1.82, 2.24) is 0 Å². The smallest absolute Gasteiger partial charge is 0.308 e. The third-order valence-corrected chi connectivity index (χ3v) is 4.43. The fourth-order valence-electron chi connectivity index (χ4n) is 2.98. The third-order valence-electron chi connectivity index (χ3n) is 4.43. The van der Waals surface area contributed by atoms with Crippen molar-refractivity contribution in [3.05, 3.63) is 0 Å². The van der Waals surface area contributed by atoms with Crippen molar-refractivity contribution >= 4 is 5.97 Å². The monoisotopic (exact) mass is 312 g/mol. The molecule has 0 aromatic carbocycles. The van der Waals surface area contributed by atoms with Crippen LogP contribution in [-0.4, -0.2) is 12.6 Å². The van der Waals surface area contributed by atoms with Crippen molar-refractivity contribution in [2.75, 3.05) is 6.61 Å². The van der Waals surface area contributed by atoms with Gasteiger partial charge in [0.15, 0.2) is 0 Å². The van der Waals surface area contributed by atoms with Gasteiger partial charge in [0, 0.05) is 0 Å². The Morgan fingerprint density at radius 1 is 0.682 bits per heavy atom. The molecule has 0 radical (unpaired) electrons. The highest BCUT2D eigenvalue weighted by atomic mass is 16.5. The zero-order valence-electron chi connectivity index (χ0n) is 15.5. The molecule has 0 N–H and O–H groups in total. The summed E-state index contributed by atoms with van der Waals surface area (Å²) in [5.41, 5.74) is 0. The van der Waals surface area contributed by atoms with E-state index in [4.69, 9.17) is 4.74 Å². The van der Waals surface area contributed by atoms with Crippen LogP contribution in [0, 0.1) is 5.92 Å². The van der Waals surface area contributed by atoms with Gasteiger partial charge in [0.25, 0.3) is 0 Å². The molecule has 22 heavy (non-hydrogen) atoms. The molecule has 0 bridgehead atoms. The van der Waals surface area contributed by atoms with E-state index in [1.165, 1.54) is 77.0 Å². The van der Waals surface area contributed by atoms with Crippen LogP contribution in [0.1, 0.15) is 111 Å². The first-order valence-corrected chi connectivity index (χ1v) is 9.92. The molecule has 0 aliphatic rings. The lowest BCUT2D eigenvalue weighted by molar-refractivity contribution is -0.148. The number of hydrogen-bond donors (Lipinski definition) is 0. The minimum atomic E-state index is 0.0459. The van der Waals surface area contributed by atoms with E-state index in [1.807, 2.05) is 6.92 Å². The molecule has 132 valence electrons. The highest BCUT2D eigenvalue weighted by Gasteiger charge is 2.18. The maximum Gasteiger partial charge on any atom is 0.308 e. The highest BCUT2D eigenvalue weighted by Crippen LogP contribution is 2.20. The van der Waals surface area contributed by atoms with Gasteiger partial charge < -0.3 is 4.74 Å². The Balaban J connectivity index is 3.82. The summed E-state index contributed by atoms with van der Waals surface area (Å²) in [7, 11) is 0. The van der Waals surface area contributed by atoms with Crippen LogP contribution < -0.4 is 0 Å². The third kappa shape index (κ3) is 13.2. The Morgan fingerprint density at radius 3 is 1.50 bits per heavy atom. The molecule has 2 nitrogen and oxygen atoms in total. The highest BCUT2D eigenvalue weighted by molar-refractivity contribution is 5.72. The van der Waals surface area contributed by atoms with E-state index in [2.05, 4.69) is 13.8 Å². The molecule has 0 saturated carbocycles. The van der Waals surface area contributed by atoms with Gasteiger partial charge in [-0.05, 0) is 19.8 Å². The standard InChI is InChI=1S/C20H40O2/c1-4-7-9-11-13-15-17-19(20(21)22-6-3)18-16-14-12-10-8-5-2/h19H,4-18H2,1-3H3. The molecular formula is C20H40O2. The lowest BCUT2D eigenvalue weighted by Gasteiger charge is -2.15. The van der Waals surface area contributed by atoms with E-state index in [1.54, 1.807) is 0 Å². The summed E-state index contributed by atoms with van der Waals surface area (Å²) in [6, 6.07) is 0. The number of esters is 1. The fourth-order valence-corrected chi connectivity index (χ4v) is 2.98. The average Bonchev–Trinajstić information content (AvgIpc) is 2.52. The minimum absolute atomic E-state index is 0.0459. The molecule has 0 amide bonds. The first kappa shape index (κ1) is 21.5. The summed E-state index contributed by atoms with van der Waals surface area (Å²) >= 11 is 0. The molecule has 0 aliphatic carbocycles. The minimum Gasteiger partial charge on any atom is -0.466 e. The topological polar surface area (TPSA) is 26.3 Å². The van der Waals surface area contributed by atoms with Gasteiger partial charge in [-0.1, -0.05) is 90.9 Å². The number of carbonyl (C=O) groups is 1. The quantitative estimate of drug-likeness (QED) is 0.235. The number of rotatable bonds is 16. The van der Waals surface area contributed by atoms with Gasteiger partial charge in [-0.2, -0.15) is 0 Å². The van der Waals surface area contributed by atoms with E-state index >= 15 is 0 Å². The molecule has 0 aromatic rings. The molecule has 0 aromatic heterocycles. The number of carbonyl (C=O) groups excluding carboxylic acids is 1. The lowest BCUT2D eigenvalue weighted by atomic mass is 9.94. The summed E-state index contributed by atoms with van der Waals surface area (Å²) in [4.78, 5) is 12.1. The SMILES string of the molecule is CCCCCCCCC(CCCCCCCC)C(=O)OCC. The van der Waals surface area contributed by atoms with Crippen molar-refractivity contribution in [3.63, 3.8) is 0 Å². The van der Waals surface area contributed by atoms with Crippen LogP contribution in [0.2, 0.25) is 0 Å². The molecule has 0 heterocycles. The molecule has 0 aliphatic heterocycles. The van der Waals surface area contributed by atoms with Gasteiger partial charge in [-0.3, -0.25) is 4.79 Å². The second kappa shape index (κ2) is 16.8. The first-order valence-electron chi connectivity index (χ1n) is 9.92. The molecule has 0 unspecified atom stereocenters. The van der Waals surface area contributed by atoms with Gasteiger partial charge in [-0.15, -0.1) is 0 Å². The van der Waals surface area contributed by atoms with Gasteiger partial charge in [-0.25, -0.2) is 0 Å². The van der Waals surface area contributed by atoms with Crippen LogP contribution in [-0.2, 0) is 9.53 Å². The van der Waals surface area contributed by atoms with Crippen molar-refractivity contribution in [3.8, 4) is 0 Å². The van der Waals surface area contributed by atoms with Gasteiger partial charge >= 0.3 is 5.97 Å². The van der Waals surface area contributed by atoms with Crippen LogP contribution in [0.3, 0.4) is 0 Å². The maximum atomic E-state index is 12.1. The van der Waals surface area contributed by atoms with Crippen molar-refractivity contribution in [2.45, 2.75) is 111 Å². The van der Waals surface area contributed by atoms with E-state index in [0.717, 1.165) is 12.8 Å². The summed E-state index contributed by atoms with van der Waals surface area (Å²) < 4.78 is 5.26. The molecule has 0 fully saturated rings. The van der Waals surface area contributed by atoms with Gasteiger partial charge in [0.05, 0.1) is 12.5 Å². The lowest BCUT2D eigenvalue weighted by Crippen LogP contribution is -2.18. The predicted octanol–water partition coefficient (Wildman–Crippen LogP) is 6.67. The molecule has 0 atom stereocenters. The Morgan fingerprint density at radius 2 is 1.09 bits per heavy atom. The van der Waals surface area contributed by atoms with E-state index in [-0.39, 0.29) is 11.9 Å². The second-order valence-corrected chi connectivity index (χ2v) is 6.56. The van der Waals surface area contributed by atoms with Gasteiger partial charge in [0.2, 0.25) is 0 Å². The van der Waals surface area contributed by atoms with Gasteiger partial charge in [0.1, 0.15) is 0 Å².